The Morgan fingerprint density at radius 2 is 2.00 bits per heavy atom. The Morgan fingerprint density at radius 1 is 1.28 bits per heavy atom. The van der Waals surface area contributed by atoms with E-state index in [-0.39, 0.29) is 5.69 Å². The number of hydrogen-bond donors (Lipinski definition) is 2. The Hall–Kier alpha value is -1.69. The van der Waals surface area contributed by atoms with Crippen molar-refractivity contribution in [2.45, 2.75) is 6.42 Å². The monoisotopic (exact) mass is 257 g/mol. The van der Waals surface area contributed by atoms with Gasteiger partial charge >= 0.3 is 6.03 Å². The molecule has 0 bridgehead atoms. The normalized spacial score (nSPS) is 10.5. The summed E-state index contributed by atoms with van der Waals surface area (Å²) < 4.78 is 25.5. The molecule has 0 saturated carbocycles. The van der Waals surface area contributed by atoms with Gasteiger partial charge in [-0.15, -0.1) is 0 Å². The molecule has 0 aliphatic heterocycles. The highest BCUT2D eigenvalue weighted by molar-refractivity contribution is 5.89. The Morgan fingerprint density at radius 3 is 2.61 bits per heavy atom. The lowest BCUT2D eigenvalue weighted by Gasteiger charge is -2.10. The van der Waals surface area contributed by atoms with E-state index >= 15 is 0 Å². The molecule has 0 fully saturated rings. The largest absolute Gasteiger partial charge is 0.338 e. The number of hydrogen-bond acceptors (Lipinski definition) is 2. The van der Waals surface area contributed by atoms with Gasteiger partial charge in [0.1, 0.15) is 0 Å². The van der Waals surface area contributed by atoms with Crippen LogP contribution in [0.15, 0.2) is 18.2 Å². The van der Waals surface area contributed by atoms with Crippen LogP contribution in [0.2, 0.25) is 0 Å². The van der Waals surface area contributed by atoms with Crippen LogP contribution < -0.4 is 10.6 Å². The molecule has 2 amide bonds. The molecule has 0 atom stereocenters. The van der Waals surface area contributed by atoms with Gasteiger partial charge in [-0.05, 0) is 39.2 Å². The number of carbonyl (C=O) groups is 1. The number of halogens is 2. The van der Waals surface area contributed by atoms with Crippen LogP contribution in [0.3, 0.4) is 0 Å². The molecule has 0 heterocycles. The van der Waals surface area contributed by atoms with E-state index in [0.29, 0.717) is 6.54 Å². The number of benzene rings is 1. The van der Waals surface area contributed by atoms with Gasteiger partial charge in [0.25, 0.3) is 0 Å². The predicted molar refractivity (Wildman–Crippen MR) is 66.6 cm³/mol. The van der Waals surface area contributed by atoms with E-state index < -0.39 is 17.7 Å². The summed E-state index contributed by atoms with van der Waals surface area (Å²) in [5.41, 5.74) is 0.221. The SMILES string of the molecule is CN(C)CCCNC(=O)Nc1ccc(F)c(F)c1. The van der Waals surface area contributed by atoms with Gasteiger partial charge in [-0.3, -0.25) is 0 Å². The molecule has 1 aromatic rings. The number of carbonyl (C=O) groups excluding carboxylic acids is 1. The van der Waals surface area contributed by atoms with E-state index in [9.17, 15) is 13.6 Å². The van der Waals surface area contributed by atoms with E-state index in [1.807, 2.05) is 19.0 Å². The maximum Gasteiger partial charge on any atom is 0.319 e. The van der Waals surface area contributed by atoms with Crippen molar-refractivity contribution in [3.8, 4) is 0 Å². The van der Waals surface area contributed by atoms with Gasteiger partial charge in [0.2, 0.25) is 0 Å². The van der Waals surface area contributed by atoms with E-state index in [1.165, 1.54) is 6.07 Å². The van der Waals surface area contributed by atoms with E-state index in [4.69, 9.17) is 0 Å². The topological polar surface area (TPSA) is 44.4 Å². The average molecular weight is 257 g/mol. The second-order valence-corrected chi connectivity index (χ2v) is 4.17. The third-order valence-electron chi connectivity index (χ3n) is 2.25. The highest BCUT2D eigenvalue weighted by Crippen LogP contribution is 2.12. The third-order valence-corrected chi connectivity index (χ3v) is 2.25. The molecule has 0 saturated heterocycles. The van der Waals surface area contributed by atoms with Crippen molar-refractivity contribution in [1.82, 2.24) is 10.2 Å². The van der Waals surface area contributed by atoms with Crippen LogP contribution in [0, 0.1) is 11.6 Å². The van der Waals surface area contributed by atoms with Gasteiger partial charge in [-0.25, -0.2) is 13.6 Å². The summed E-state index contributed by atoms with van der Waals surface area (Å²) in [6, 6.07) is 2.78. The van der Waals surface area contributed by atoms with Gasteiger partial charge in [-0.2, -0.15) is 0 Å². The smallest absolute Gasteiger partial charge is 0.319 e. The van der Waals surface area contributed by atoms with Crippen molar-refractivity contribution in [2.24, 2.45) is 0 Å². The fourth-order valence-electron chi connectivity index (χ4n) is 1.35. The molecular formula is C12H17F2N3O. The van der Waals surface area contributed by atoms with Crippen LogP contribution >= 0.6 is 0 Å². The quantitative estimate of drug-likeness (QED) is 0.793. The summed E-state index contributed by atoms with van der Waals surface area (Å²) >= 11 is 0. The lowest BCUT2D eigenvalue weighted by molar-refractivity contribution is 0.251. The third kappa shape index (κ3) is 5.09. The number of nitrogens with one attached hydrogen (secondary N) is 2. The van der Waals surface area contributed by atoms with Gasteiger partial charge in [0.05, 0.1) is 0 Å². The van der Waals surface area contributed by atoms with Crippen LogP contribution in [0.4, 0.5) is 19.3 Å². The second-order valence-electron chi connectivity index (χ2n) is 4.17. The minimum Gasteiger partial charge on any atom is -0.338 e. The number of rotatable bonds is 5. The molecule has 0 aliphatic rings. The predicted octanol–water partition coefficient (Wildman–Crippen LogP) is 2.04. The lowest BCUT2D eigenvalue weighted by atomic mass is 10.3. The first-order valence-electron chi connectivity index (χ1n) is 5.63. The summed E-state index contributed by atoms with van der Waals surface area (Å²) in [6.07, 6.45) is 0.818. The van der Waals surface area contributed by atoms with Crippen LogP contribution in [0.25, 0.3) is 0 Å². The van der Waals surface area contributed by atoms with Crippen LogP contribution in [0.1, 0.15) is 6.42 Å². The standard InChI is InChI=1S/C12H17F2N3O/c1-17(2)7-3-6-15-12(18)16-9-4-5-10(13)11(14)8-9/h4-5,8H,3,6-7H2,1-2H3,(H2,15,16,18). The Labute approximate surface area is 105 Å². The summed E-state index contributed by atoms with van der Waals surface area (Å²) in [7, 11) is 3.89. The second kappa shape index (κ2) is 6.90. The first-order valence-corrected chi connectivity index (χ1v) is 5.63. The fraction of sp³-hybridized carbons (Fsp3) is 0.417. The first-order chi connectivity index (χ1) is 8.49. The molecule has 0 radical (unpaired) electrons. The molecule has 0 aliphatic carbocycles. The minimum atomic E-state index is -0.986. The Bertz CT molecular complexity index is 410. The Balaban J connectivity index is 2.33. The van der Waals surface area contributed by atoms with Crippen molar-refractivity contribution in [3.63, 3.8) is 0 Å². The zero-order chi connectivity index (χ0) is 13.5. The average Bonchev–Trinajstić information content (AvgIpc) is 2.29. The van der Waals surface area contributed by atoms with Gasteiger partial charge < -0.3 is 15.5 Å². The molecule has 100 valence electrons. The highest BCUT2D eigenvalue weighted by Gasteiger charge is 2.05. The van der Waals surface area contributed by atoms with Crippen LogP contribution in [0.5, 0.6) is 0 Å². The number of urea groups is 1. The number of anilines is 1. The molecule has 2 N–H and O–H groups in total. The zero-order valence-corrected chi connectivity index (χ0v) is 10.5. The molecule has 18 heavy (non-hydrogen) atoms. The molecule has 0 unspecified atom stereocenters. The summed E-state index contributed by atoms with van der Waals surface area (Å²) in [5, 5.41) is 5.06. The van der Waals surface area contributed by atoms with Gasteiger partial charge in [0.15, 0.2) is 11.6 Å². The summed E-state index contributed by atoms with van der Waals surface area (Å²) in [4.78, 5) is 13.4. The maximum atomic E-state index is 12.9. The molecule has 4 nitrogen and oxygen atoms in total. The molecule has 0 aromatic heterocycles. The van der Waals surface area contributed by atoms with E-state index in [0.717, 1.165) is 25.1 Å². The maximum absolute atomic E-state index is 12.9. The fourth-order valence-corrected chi connectivity index (χ4v) is 1.35. The molecule has 1 aromatic carbocycles. The zero-order valence-electron chi connectivity index (χ0n) is 10.5. The van der Waals surface area contributed by atoms with Gasteiger partial charge in [0, 0.05) is 18.3 Å². The molecule has 1 rings (SSSR count). The van der Waals surface area contributed by atoms with Crippen molar-refractivity contribution in [1.29, 1.82) is 0 Å². The van der Waals surface area contributed by atoms with Crippen molar-refractivity contribution in [2.75, 3.05) is 32.5 Å². The van der Waals surface area contributed by atoms with Crippen LogP contribution in [-0.2, 0) is 0 Å². The molecule has 6 heteroatoms. The van der Waals surface area contributed by atoms with Crippen molar-refractivity contribution in [3.05, 3.63) is 29.8 Å². The van der Waals surface area contributed by atoms with E-state index in [1.54, 1.807) is 0 Å². The molecular weight excluding hydrogens is 240 g/mol. The summed E-state index contributed by atoms with van der Waals surface area (Å²) in [5.74, 6) is -1.92. The van der Waals surface area contributed by atoms with Crippen molar-refractivity contribution >= 4 is 11.7 Å². The lowest BCUT2D eigenvalue weighted by Crippen LogP contribution is -2.31. The van der Waals surface area contributed by atoms with Crippen molar-refractivity contribution < 1.29 is 13.6 Å². The summed E-state index contributed by atoms with van der Waals surface area (Å²) in [6.45, 7) is 1.39. The van der Waals surface area contributed by atoms with E-state index in [2.05, 4.69) is 10.6 Å². The highest BCUT2D eigenvalue weighted by atomic mass is 19.2. The Kier molecular flexibility index (Phi) is 5.51. The first kappa shape index (κ1) is 14.4. The van der Waals surface area contributed by atoms with Crippen LogP contribution in [-0.4, -0.2) is 38.1 Å². The number of nitrogens with zero attached hydrogens (tertiary/aromatic N) is 1. The van der Waals surface area contributed by atoms with Gasteiger partial charge in [-0.1, -0.05) is 0 Å². The number of amides is 2. The minimum absolute atomic E-state index is 0.221. The molecule has 0 spiro atoms.